The number of ketones is 1. The molecule has 0 bridgehead atoms. The lowest BCUT2D eigenvalue weighted by molar-refractivity contribution is -0.119. The van der Waals surface area contributed by atoms with Crippen molar-refractivity contribution in [1.82, 2.24) is 5.32 Å². The van der Waals surface area contributed by atoms with Gasteiger partial charge in [0.25, 0.3) is 0 Å². The largest absolute Gasteiger partial charge is 0.412 e. The molecule has 4 heteroatoms. The Bertz CT molecular complexity index is 79.0. The number of halogens is 1. The van der Waals surface area contributed by atoms with Gasteiger partial charge in [0.15, 0.2) is 0 Å². The number of nitrogens with one attached hydrogen (secondary N) is 1. The average Bonchev–Trinajstić information content (AvgIpc) is 1.69. The monoisotopic (exact) mass is 197 g/mol. The summed E-state index contributed by atoms with van der Waals surface area (Å²) in [5, 5.41) is 2.98. The van der Waals surface area contributed by atoms with Crippen molar-refractivity contribution in [3.05, 3.63) is 0 Å². The first kappa shape index (κ1) is 11.8. The number of hydrogen-bond acceptors (Lipinski definition) is 2. The van der Waals surface area contributed by atoms with Gasteiger partial charge in [-0.15, -0.1) is 17.0 Å². The first-order chi connectivity index (χ1) is 3.39. The fourth-order valence-electron chi connectivity index (χ4n) is 0.727. The molecule has 1 aliphatic heterocycles. The van der Waals surface area contributed by atoms with Crippen molar-refractivity contribution in [2.75, 3.05) is 13.1 Å². The maximum absolute atomic E-state index is 10.4. The predicted molar refractivity (Wildman–Crippen MR) is 41.0 cm³/mol. The van der Waals surface area contributed by atoms with Gasteiger partial charge in [0.05, 0.1) is 6.54 Å². The highest BCUT2D eigenvalue weighted by molar-refractivity contribution is 8.93. The van der Waals surface area contributed by atoms with Gasteiger partial charge in [-0.05, 0) is 13.0 Å². The molecule has 1 aliphatic rings. The van der Waals surface area contributed by atoms with E-state index in [0.29, 0.717) is 12.3 Å². The Balaban J connectivity index is 0. The molecule has 0 aromatic carbocycles. The van der Waals surface area contributed by atoms with Gasteiger partial charge < -0.3 is 10.8 Å². The lowest BCUT2D eigenvalue weighted by Crippen LogP contribution is -2.29. The molecule has 0 aliphatic carbocycles. The Morgan fingerprint density at radius 1 is 1.44 bits per heavy atom. The van der Waals surface area contributed by atoms with Crippen molar-refractivity contribution >= 4 is 22.8 Å². The van der Waals surface area contributed by atoms with E-state index in [0.717, 1.165) is 19.4 Å². The molecule has 9 heavy (non-hydrogen) atoms. The third-order valence-electron chi connectivity index (χ3n) is 1.13. The van der Waals surface area contributed by atoms with Gasteiger partial charge in [0.1, 0.15) is 5.78 Å². The molecule has 0 amide bonds. The summed E-state index contributed by atoms with van der Waals surface area (Å²) >= 11 is 0. The predicted octanol–water partition coefficient (Wildman–Crippen LogP) is -0.308. The van der Waals surface area contributed by atoms with Gasteiger partial charge in [-0.25, -0.2) is 0 Å². The van der Waals surface area contributed by atoms with Crippen LogP contribution in [0.5, 0.6) is 0 Å². The summed E-state index contributed by atoms with van der Waals surface area (Å²) in [5.41, 5.74) is 0. The SMILES string of the molecule is Br.O.O=C1CCCNC1. The molecular weight excluding hydrogens is 186 g/mol. The van der Waals surface area contributed by atoms with E-state index >= 15 is 0 Å². The normalized spacial score (nSPS) is 17.6. The van der Waals surface area contributed by atoms with Crippen molar-refractivity contribution in [2.45, 2.75) is 12.8 Å². The Morgan fingerprint density at radius 3 is 2.33 bits per heavy atom. The molecule has 1 saturated heterocycles. The minimum Gasteiger partial charge on any atom is -0.412 e. The zero-order chi connectivity index (χ0) is 5.11. The minimum absolute atomic E-state index is 0. The molecule has 1 heterocycles. The molecule has 3 N–H and O–H groups in total. The summed E-state index contributed by atoms with van der Waals surface area (Å²) in [6.07, 6.45) is 1.81. The smallest absolute Gasteiger partial charge is 0.146 e. The number of Topliss-reactive ketones (excluding diaryl/α,β-unsaturated/α-hetero) is 1. The number of carbonyl (C=O) groups is 1. The van der Waals surface area contributed by atoms with Crippen molar-refractivity contribution in [2.24, 2.45) is 0 Å². The third-order valence-corrected chi connectivity index (χ3v) is 1.13. The molecule has 0 aromatic heterocycles. The Labute approximate surface area is 64.9 Å². The number of hydrogen-bond donors (Lipinski definition) is 1. The second-order valence-corrected chi connectivity index (χ2v) is 1.82. The van der Waals surface area contributed by atoms with Gasteiger partial charge in [-0.3, -0.25) is 4.79 Å². The minimum atomic E-state index is 0. The fourth-order valence-corrected chi connectivity index (χ4v) is 0.727. The van der Waals surface area contributed by atoms with Crippen molar-refractivity contribution in [1.29, 1.82) is 0 Å². The highest BCUT2D eigenvalue weighted by atomic mass is 79.9. The van der Waals surface area contributed by atoms with Crippen molar-refractivity contribution in [3.8, 4) is 0 Å². The van der Waals surface area contributed by atoms with E-state index in [1.165, 1.54) is 0 Å². The van der Waals surface area contributed by atoms with Gasteiger partial charge in [-0.2, -0.15) is 0 Å². The van der Waals surface area contributed by atoms with E-state index in [9.17, 15) is 4.79 Å². The Kier molecular flexibility index (Phi) is 8.13. The lowest BCUT2D eigenvalue weighted by Gasteiger charge is -2.08. The van der Waals surface area contributed by atoms with E-state index in [1.54, 1.807) is 0 Å². The van der Waals surface area contributed by atoms with Crippen LogP contribution in [0.1, 0.15) is 12.8 Å². The van der Waals surface area contributed by atoms with Crippen LogP contribution in [0.15, 0.2) is 0 Å². The van der Waals surface area contributed by atoms with E-state index < -0.39 is 0 Å². The molecule has 0 radical (unpaired) electrons. The van der Waals surface area contributed by atoms with Crippen LogP contribution in [-0.4, -0.2) is 24.3 Å². The van der Waals surface area contributed by atoms with E-state index in [1.807, 2.05) is 0 Å². The molecule has 56 valence electrons. The van der Waals surface area contributed by atoms with Crippen LogP contribution >= 0.6 is 17.0 Å². The highest BCUT2D eigenvalue weighted by Gasteiger charge is 2.04. The topological polar surface area (TPSA) is 60.6 Å². The van der Waals surface area contributed by atoms with Crippen molar-refractivity contribution in [3.63, 3.8) is 0 Å². The zero-order valence-electron chi connectivity index (χ0n) is 5.14. The maximum atomic E-state index is 10.4. The number of carbonyl (C=O) groups excluding carboxylic acids is 1. The third kappa shape index (κ3) is 4.57. The molecule has 0 aromatic rings. The molecule has 0 unspecified atom stereocenters. The summed E-state index contributed by atoms with van der Waals surface area (Å²) in [7, 11) is 0. The summed E-state index contributed by atoms with van der Waals surface area (Å²) in [6, 6.07) is 0. The van der Waals surface area contributed by atoms with Crippen LogP contribution in [0.2, 0.25) is 0 Å². The van der Waals surface area contributed by atoms with Crippen LogP contribution in [0, 0.1) is 0 Å². The number of rotatable bonds is 0. The second kappa shape index (κ2) is 6.19. The summed E-state index contributed by atoms with van der Waals surface area (Å²) in [5.74, 6) is 0.353. The van der Waals surface area contributed by atoms with Gasteiger partial charge >= 0.3 is 0 Å². The van der Waals surface area contributed by atoms with E-state index in [-0.39, 0.29) is 22.5 Å². The maximum Gasteiger partial charge on any atom is 0.146 e. The van der Waals surface area contributed by atoms with Gasteiger partial charge in [-0.1, -0.05) is 0 Å². The van der Waals surface area contributed by atoms with E-state index in [2.05, 4.69) is 5.32 Å². The Morgan fingerprint density at radius 2 is 2.11 bits per heavy atom. The summed E-state index contributed by atoms with van der Waals surface area (Å²) < 4.78 is 0. The van der Waals surface area contributed by atoms with Gasteiger partial charge in [0, 0.05) is 6.42 Å². The molecule has 0 spiro atoms. The highest BCUT2D eigenvalue weighted by Crippen LogP contribution is 1.92. The van der Waals surface area contributed by atoms with Crippen molar-refractivity contribution < 1.29 is 10.3 Å². The lowest BCUT2D eigenvalue weighted by atomic mass is 10.1. The number of piperidine rings is 1. The van der Waals surface area contributed by atoms with E-state index in [4.69, 9.17) is 0 Å². The molecule has 1 rings (SSSR count). The van der Waals surface area contributed by atoms with Gasteiger partial charge in [0.2, 0.25) is 0 Å². The Hall–Kier alpha value is 0.0700. The average molecular weight is 198 g/mol. The molecular formula is C5H12BrNO2. The molecule has 0 saturated carbocycles. The quantitative estimate of drug-likeness (QED) is 0.580. The fraction of sp³-hybridized carbons (Fsp3) is 0.800. The van der Waals surface area contributed by atoms with Crippen LogP contribution < -0.4 is 5.32 Å². The molecule has 1 fully saturated rings. The summed E-state index contributed by atoms with van der Waals surface area (Å²) in [6.45, 7) is 1.62. The zero-order valence-corrected chi connectivity index (χ0v) is 6.86. The van der Waals surface area contributed by atoms with Crippen LogP contribution in [0.3, 0.4) is 0 Å². The second-order valence-electron chi connectivity index (χ2n) is 1.82. The standard InChI is InChI=1S/C5H9NO.BrH.H2O/c7-5-2-1-3-6-4-5;;/h6H,1-4H2;1H;1H2. The van der Waals surface area contributed by atoms with Crippen LogP contribution in [0.25, 0.3) is 0 Å². The first-order valence-electron chi connectivity index (χ1n) is 2.62. The molecule has 3 nitrogen and oxygen atoms in total. The van der Waals surface area contributed by atoms with Crippen LogP contribution in [-0.2, 0) is 4.79 Å². The summed E-state index contributed by atoms with van der Waals surface area (Å²) in [4.78, 5) is 10.4. The molecule has 0 atom stereocenters. The first-order valence-corrected chi connectivity index (χ1v) is 2.62. The van der Waals surface area contributed by atoms with Crippen LogP contribution in [0.4, 0.5) is 0 Å².